The van der Waals surface area contributed by atoms with E-state index in [-0.39, 0.29) is 12.0 Å². The van der Waals surface area contributed by atoms with Gasteiger partial charge in [-0.25, -0.2) is 0 Å². The van der Waals surface area contributed by atoms with Crippen LogP contribution < -0.4 is 5.73 Å². The average Bonchev–Trinajstić information content (AvgIpc) is 2.35. The fourth-order valence-electron chi connectivity index (χ4n) is 1.49. The minimum atomic E-state index is -0.482. The number of hydrogen-bond donors (Lipinski definition) is 1. The van der Waals surface area contributed by atoms with Crippen molar-refractivity contribution in [2.24, 2.45) is 11.1 Å². The summed E-state index contributed by atoms with van der Waals surface area (Å²) >= 11 is 1.65. The zero-order chi connectivity index (χ0) is 13.8. The van der Waals surface area contributed by atoms with E-state index in [2.05, 4.69) is 6.07 Å². The number of thioether (sulfide) groups is 1. The van der Waals surface area contributed by atoms with Gasteiger partial charge in [-0.15, -0.1) is 11.8 Å². The number of nitrogens with two attached hydrogens (primary N) is 1. The van der Waals surface area contributed by atoms with Crippen LogP contribution in [0.5, 0.6) is 0 Å². The van der Waals surface area contributed by atoms with Crippen LogP contribution in [-0.2, 0) is 9.53 Å². The van der Waals surface area contributed by atoms with Crippen LogP contribution in [0.25, 0.3) is 0 Å². The van der Waals surface area contributed by atoms with Crippen molar-refractivity contribution in [2.45, 2.75) is 31.7 Å². The zero-order valence-corrected chi connectivity index (χ0v) is 12.2. The topological polar surface area (TPSA) is 52.3 Å². The lowest BCUT2D eigenvalue weighted by molar-refractivity contribution is -0.149. The molecule has 0 bridgehead atoms. The molecule has 4 heteroatoms. The summed E-state index contributed by atoms with van der Waals surface area (Å²) in [5.74, 6) is 0.501. The van der Waals surface area contributed by atoms with E-state index in [0.29, 0.717) is 5.75 Å². The van der Waals surface area contributed by atoms with Gasteiger partial charge in [0.15, 0.2) is 0 Å². The van der Waals surface area contributed by atoms with Gasteiger partial charge in [-0.1, -0.05) is 12.1 Å². The van der Waals surface area contributed by atoms with Crippen LogP contribution in [0.3, 0.4) is 0 Å². The molecule has 1 rings (SSSR count). The van der Waals surface area contributed by atoms with Crippen LogP contribution in [0.15, 0.2) is 29.2 Å². The first kappa shape index (κ1) is 15.1. The minimum absolute atomic E-state index is 0.0270. The molecule has 0 amide bonds. The molecule has 0 saturated heterocycles. The van der Waals surface area contributed by atoms with Gasteiger partial charge in [-0.3, -0.25) is 4.79 Å². The van der Waals surface area contributed by atoms with E-state index < -0.39 is 5.41 Å². The fourth-order valence-corrected chi connectivity index (χ4v) is 2.53. The highest BCUT2D eigenvalue weighted by molar-refractivity contribution is 7.99. The third-order valence-corrected chi connectivity index (χ3v) is 4.17. The maximum atomic E-state index is 11.6. The normalized spacial score (nSPS) is 13.2. The van der Waals surface area contributed by atoms with Gasteiger partial charge >= 0.3 is 5.97 Å². The van der Waals surface area contributed by atoms with Crippen LogP contribution >= 0.6 is 11.8 Å². The number of ether oxygens (including phenoxy) is 1. The second-order valence-electron chi connectivity index (χ2n) is 5.03. The Balaban J connectivity index is 2.69. The Kier molecular flexibility index (Phi) is 5.23. The number of carbonyl (C=O) groups excluding carboxylic acids is 1. The lowest BCUT2D eigenvalue weighted by Gasteiger charge is -2.20. The number of methoxy groups -OCH3 is 1. The van der Waals surface area contributed by atoms with Gasteiger partial charge in [0.1, 0.15) is 0 Å². The van der Waals surface area contributed by atoms with E-state index in [1.807, 2.05) is 39.0 Å². The maximum Gasteiger partial charge on any atom is 0.312 e. The number of hydrogen-bond acceptors (Lipinski definition) is 4. The summed E-state index contributed by atoms with van der Waals surface area (Å²) < 4.78 is 4.79. The molecule has 0 heterocycles. The van der Waals surface area contributed by atoms with Crippen LogP contribution in [0.1, 0.15) is 32.4 Å². The molecule has 0 aliphatic rings. The van der Waals surface area contributed by atoms with Gasteiger partial charge in [0.05, 0.1) is 12.5 Å². The van der Waals surface area contributed by atoms with Crippen molar-refractivity contribution in [3.8, 4) is 0 Å². The molecule has 100 valence electrons. The summed E-state index contributed by atoms with van der Waals surface area (Å²) in [4.78, 5) is 12.7. The van der Waals surface area contributed by atoms with Crippen molar-refractivity contribution >= 4 is 17.7 Å². The number of rotatable bonds is 5. The predicted octanol–water partition coefficient (Wildman–Crippen LogP) is 3.00. The van der Waals surface area contributed by atoms with Gasteiger partial charge in [-0.2, -0.15) is 0 Å². The Bertz CT molecular complexity index is 416. The molecule has 1 aromatic rings. The molecule has 1 aromatic carbocycles. The Morgan fingerprint density at radius 2 is 2.17 bits per heavy atom. The molecule has 0 radical (unpaired) electrons. The summed E-state index contributed by atoms with van der Waals surface area (Å²) in [6, 6.07) is 8.14. The molecule has 1 unspecified atom stereocenters. The number of esters is 1. The summed E-state index contributed by atoms with van der Waals surface area (Å²) in [7, 11) is 1.42. The van der Waals surface area contributed by atoms with Gasteiger partial charge in [0, 0.05) is 16.7 Å². The van der Waals surface area contributed by atoms with Gasteiger partial charge in [0.2, 0.25) is 0 Å². The first-order chi connectivity index (χ1) is 8.36. The maximum absolute atomic E-state index is 11.6. The highest BCUT2D eigenvalue weighted by atomic mass is 32.2. The second kappa shape index (κ2) is 6.25. The van der Waals surface area contributed by atoms with E-state index >= 15 is 0 Å². The molecule has 3 nitrogen and oxygen atoms in total. The van der Waals surface area contributed by atoms with E-state index in [1.165, 1.54) is 7.11 Å². The summed E-state index contributed by atoms with van der Waals surface area (Å²) in [6.45, 7) is 5.74. The minimum Gasteiger partial charge on any atom is -0.469 e. The van der Waals surface area contributed by atoms with Gasteiger partial charge < -0.3 is 10.5 Å². The Labute approximate surface area is 113 Å². The SMILES string of the molecule is COC(=O)C(C)(C)CSc1cccc(C(C)N)c1. The van der Waals surface area contributed by atoms with Crippen molar-refractivity contribution in [2.75, 3.05) is 12.9 Å². The van der Waals surface area contributed by atoms with Gasteiger partial charge in [-0.05, 0) is 38.5 Å². The molecular weight excluding hydrogens is 246 g/mol. The van der Waals surface area contributed by atoms with Crippen LogP contribution in [0.2, 0.25) is 0 Å². The van der Waals surface area contributed by atoms with Crippen LogP contribution in [0.4, 0.5) is 0 Å². The number of benzene rings is 1. The highest BCUT2D eigenvalue weighted by Gasteiger charge is 2.28. The molecule has 0 saturated carbocycles. The highest BCUT2D eigenvalue weighted by Crippen LogP contribution is 2.29. The van der Waals surface area contributed by atoms with E-state index in [4.69, 9.17) is 10.5 Å². The van der Waals surface area contributed by atoms with E-state index in [9.17, 15) is 4.79 Å². The Morgan fingerprint density at radius 1 is 1.50 bits per heavy atom. The first-order valence-electron chi connectivity index (χ1n) is 5.93. The smallest absolute Gasteiger partial charge is 0.312 e. The molecule has 18 heavy (non-hydrogen) atoms. The van der Waals surface area contributed by atoms with Crippen molar-refractivity contribution in [3.05, 3.63) is 29.8 Å². The molecule has 0 spiro atoms. The molecule has 0 aromatic heterocycles. The van der Waals surface area contributed by atoms with Crippen LogP contribution in [-0.4, -0.2) is 18.8 Å². The van der Waals surface area contributed by atoms with Crippen LogP contribution in [0, 0.1) is 5.41 Å². The second-order valence-corrected chi connectivity index (χ2v) is 6.07. The lowest BCUT2D eigenvalue weighted by Crippen LogP contribution is -2.28. The lowest BCUT2D eigenvalue weighted by atomic mass is 9.97. The molecule has 0 aliphatic carbocycles. The van der Waals surface area contributed by atoms with E-state index in [1.54, 1.807) is 11.8 Å². The van der Waals surface area contributed by atoms with Crippen molar-refractivity contribution in [3.63, 3.8) is 0 Å². The predicted molar refractivity (Wildman–Crippen MR) is 75.6 cm³/mol. The summed E-state index contributed by atoms with van der Waals surface area (Å²) in [5, 5.41) is 0. The Morgan fingerprint density at radius 3 is 2.72 bits per heavy atom. The monoisotopic (exact) mass is 267 g/mol. The molecule has 1 atom stereocenters. The average molecular weight is 267 g/mol. The summed E-state index contributed by atoms with van der Waals surface area (Å²) in [6.07, 6.45) is 0. The van der Waals surface area contributed by atoms with Crippen molar-refractivity contribution in [1.82, 2.24) is 0 Å². The third kappa shape index (κ3) is 4.03. The Hall–Kier alpha value is -1.00. The first-order valence-corrected chi connectivity index (χ1v) is 6.92. The quantitative estimate of drug-likeness (QED) is 0.658. The molecular formula is C14H21NO2S. The van der Waals surface area contributed by atoms with Gasteiger partial charge in [0.25, 0.3) is 0 Å². The molecule has 0 aliphatic heterocycles. The number of carbonyl (C=O) groups is 1. The fraction of sp³-hybridized carbons (Fsp3) is 0.500. The zero-order valence-electron chi connectivity index (χ0n) is 11.4. The molecule has 2 N–H and O–H groups in total. The largest absolute Gasteiger partial charge is 0.469 e. The standard InChI is InChI=1S/C14H21NO2S/c1-10(15)11-6-5-7-12(8-11)18-9-14(2,3)13(16)17-4/h5-8,10H,9,15H2,1-4H3. The van der Waals surface area contributed by atoms with Crippen molar-refractivity contribution < 1.29 is 9.53 Å². The van der Waals surface area contributed by atoms with E-state index in [0.717, 1.165) is 10.5 Å². The summed E-state index contributed by atoms with van der Waals surface area (Å²) in [5.41, 5.74) is 6.48. The third-order valence-electron chi connectivity index (χ3n) is 2.72. The molecule has 0 fully saturated rings. The van der Waals surface area contributed by atoms with Crippen molar-refractivity contribution in [1.29, 1.82) is 0 Å².